The highest BCUT2D eigenvalue weighted by Crippen LogP contribution is 2.28. The average Bonchev–Trinajstić information content (AvgIpc) is 3.36. The van der Waals surface area contributed by atoms with Crippen LogP contribution in [0.15, 0.2) is 30.6 Å². The highest BCUT2D eigenvalue weighted by Gasteiger charge is 2.30. The van der Waals surface area contributed by atoms with Crippen molar-refractivity contribution >= 4 is 5.91 Å². The van der Waals surface area contributed by atoms with Crippen molar-refractivity contribution in [1.29, 1.82) is 0 Å². The van der Waals surface area contributed by atoms with E-state index in [0.717, 1.165) is 38.8 Å². The van der Waals surface area contributed by atoms with Gasteiger partial charge in [-0.1, -0.05) is 12.8 Å². The van der Waals surface area contributed by atoms with Gasteiger partial charge in [0.25, 0.3) is 0 Å². The zero-order chi connectivity index (χ0) is 17.1. The second kappa shape index (κ2) is 7.21. The van der Waals surface area contributed by atoms with Crippen molar-refractivity contribution in [2.75, 3.05) is 13.1 Å². The van der Waals surface area contributed by atoms with Gasteiger partial charge in [0.05, 0.1) is 0 Å². The number of rotatable bonds is 4. The molecule has 2 aromatic heterocycles. The molecule has 0 bridgehead atoms. The summed E-state index contributed by atoms with van der Waals surface area (Å²) in [6.07, 6.45) is 9.83. The van der Waals surface area contributed by atoms with E-state index in [1.165, 1.54) is 12.8 Å². The predicted molar refractivity (Wildman–Crippen MR) is 91.3 cm³/mol. The van der Waals surface area contributed by atoms with Gasteiger partial charge < -0.3 is 9.64 Å². The molecule has 0 atom stereocenters. The molecule has 3 heterocycles. The Morgan fingerprint density at radius 2 is 1.88 bits per heavy atom. The van der Waals surface area contributed by atoms with Crippen molar-refractivity contribution in [1.82, 2.24) is 24.9 Å². The second-order valence-corrected chi connectivity index (χ2v) is 6.80. The van der Waals surface area contributed by atoms with Gasteiger partial charge >= 0.3 is 0 Å². The molecule has 4 rings (SSSR count). The molecule has 0 N–H and O–H groups in total. The molecule has 25 heavy (non-hydrogen) atoms. The molecule has 0 radical (unpaired) electrons. The normalized spacial score (nSPS) is 19.3. The number of piperidine rings is 1. The van der Waals surface area contributed by atoms with Crippen LogP contribution in [0.1, 0.15) is 38.5 Å². The Labute approximate surface area is 147 Å². The summed E-state index contributed by atoms with van der Waals surface area (Å²) < 4.78 is 7.60. The summed E-state index contributed by atoms with van der Waals surface area (Å²) in [4.78, 5) is 14.5. The molecule has 1 amide bonds. The Morgan fingerprint density at radius 3 is 2.52 bits per heavy atom. The molecule has 132 valence electrons. The monoisotopic (exact) mass is 341 g/mol. The zero-order valence-electron chi connectivity index (χ0n) is 14.3. The van der Waals surface area contributed by atoms with Gasteiger partial charge in [-0.15, -0.1) is 10.2 Å². The number of hydrogen-bond donors (Lipinski definition) is 0. The van der Waals surface area contributed by atoms with Crippen LogP contribution < -0.4 is 4.74 Å². The quantitative estimate of drug-likeness (QED) is 0.852. The van der Waals surface area contributed by atoms with E-state index in [1.807, 2.05) is 29.3 Å². The molecule has 1 aliphatic heterocycles. The Bertz CT molecular complexity index is 687. The summed E-state index contributed by atoms with van der Waals surface area (Å²) in [7, 11) is 0. The summed E-state index contributed by atoms with van der Waals surface area (Å²) in [6.45, 7) is 1.55. The smallest absolute Gasteiger partial charge is 0.233 e. The van der Waals surface area contributed by atoms with Crippen molar-refractivity contribution in [2.45, 2.75) is 44.6 Å². The van der Waals surface area contributed by atoms with Gasteiger partial charge in [0, 0.05) is 50.3 Å². The number of aromatic nitrogens is 4. The summed E-state index contributed by atoms with van der Waals surface area (Å²) in [6, 6.07) is 5.50. The highest BCUT2D eigenvalue weighted by atomic mass is 16.5. The van der Waals surface area contributed by atoms with Crippen molar-refractivity contribution < 1.29 is 9.53 Å². The lowest BCUT2D eigenvalue weighted by Crippen LogP contribution is -2.44. The van der Waals surface area contributed by atoms with Gasteiger partial charge in [-0.2, -0.15) is 5.10 Å². The van der Waals surface area contributed by atoms with E-state index in [9.17, 15) is 4.79 Å². The van der Waals surface area contributed by atoms with Crippen LogP contribution in [0.25, 0.3) is 5.82 Å². The molecule has 7 heteroatoms. The first kappa shape index (κ1) is 16.1. The third-order valence-corrected chi connectivity index (χ3v) is 5.11. The molecule has 0 spiro atoms. The minimum atomic E-state index is 0.0949. The molecule has 1 aliphatic carbocycles. The van der Waals surface area contributed by atoms with Crippen LogP contribution >= 0.6 is 0 Å². The molecule has 2 aromatic rings. The van der Waals surface area contributed by atoms with E-state index < -0.39 is 0 Å². The van der Waals surface area contributed by atoms with Crippen LogP contribution in [0.3, 0.4) is 0 Å². The maximum Gasteiger partial charge on any atom is 0.233 e. The molecule has 7 nitrogen and oxygen atoms in total. The maximum atomic E-state index is 12.5. The number of amides is 1. The molecular formula is C18H23N5O2. The fourth-order valence-corrected chi connectivity index (χ4v) is 3.70. The van der Waals surface area contributed by atoms with Crippen LogP contribution in [0.5, 0.6) is 5.88 Å². The lowest BCUT2D eigenvalue weighted by atomic mass is 10.0. The summed E-state index contributed by atoms with van der Waals surface area (Å²) >= 11 is 0. The molecule has 2 aliphatic rings. The van der Waals surface area contributed by atoms with Crippen molar-refractivity contribution in [2.24, 2.45) is 5.92 Å². The number of nitrogens with zero attached hydrogens (tertiary/aromatic N) is 5. The van der Waals surface area contributed by atoms with Gasteiger partial charge in [-0.05, 0) is 25.0 Å². The number of likely N-dealkylation sites (tertiary alicyclic amines) is 1. The lowest BCUT2D eigenvalue weighted by Gasteiger charge is -2.33. The maximum absolute atomic E-state index is 12.5. The fourth-order valence-electron chi connectivity index (χ4n) is 3.70. The Balaban J connectivity index is 1.29. The van der Waals surface area contributed by atoms with Crippen LogP contribution in [0, 0.1) is 5.92 Å². The van der Waals surface area contributed by atoms with Crippen LogP contribution in [0.4, 0.5) is 0 Å². The number of ether oxygens (including phenoxy) is 1. The highest BCUT2D eigenvalue weighted by molar-refractivity contribution is 5.79. The van der Waals surface area contributed by atoms with Crippen molar-refractivity contribution in [3.63, 3.8) is 0 Å². The van der Waals surface area contributed by atoms with E-state index in [0.29, 0.717) is 17.6 Å². The zero-order valence-corrected chi connectivity index (χ0v) is 14.3. The third kappa shape index (κ3) is 3.65. The Hall–Kier alpha value is -2.44. The van der Waals surface area contributed by atoms with E-state index in [1.54, 1.807) is 10.9 Å². The third-order valence-electron chi connectivity index (χ3n) is 5.11. The molecule has 2 fully saturated rings. The lowest BCUT2D eigenvalue weighted by molar-refractivity contribution is -0.137. The number of carbonyl (C=O) groups excluding carboxylic acids is 1. The van der Waals surface area contributed by atoms with Crippen LogP contribution in [-0.4, -0.2) is 50.0 Å². The van der Waals surface area contributed by atoms with Gasteiger partial charge in [-0.3, -0.25) is 4.79 Å². The average molecular weight is 341 g/mol. The van der Waals surface area contributed by atoms with Crippen LogP contribution in [-0.2, 0) is 4.79 Å². The van der Waals surface area contributed by atoms with Crippen LogP contribution in [0.2, 0.25) is 0 Å². The van der Waals surface area contributed by atoms with Gasteiger partial charge in [0.2, 0.25) is 11.8 Å². The molecule has 0 unspecified atom stereocenters. The van der Waals surface area contributed by atoms with E-state index in [2.05, 4.69) is 15.3 Å². The topological polar surface area (TPSA) is 73.1 Å². The minimum absolute atomic E-state index is 0.0949. The summed E-state index contributed by atoms with van der Waals surface area (Å²) in [5.74, 6) is 1.79. The number of hydrogen-bond acceptors (Lipinski definition) is 5. The van der Waals surface area contributed by atoms with E-state index in [4.69, 9.17) is 4.74 Å². The van der Waals surface area contributed by atoms with Gasteiger partial charge in [0.15, 0.2) is 5.82 Å². The van der Waals surface area contributed by atoms with E-state index in [-0.39, 0.29) is 12.0 Å². The molecule has 1 saturated heterocycles. The predicted octanol–water partition coefficient (Wildman–Crippen LogP) is 2.22. The summed E-state index contributed by atoms with van der Waals surface area (Å²) in [5, 5.41) is 12.4. The SMILES string of the molecule is O=C(C1CCCC1)N1CCC(Oc2ccc(-n3cccn3)nn2)CC1. The first-order valence-electron chi connectivity index (χ1n) is 9.09. The Kier molecular flexibility index (Phi) is 4.63. The Morgan fingerprint density at radius 1 is 1.08 bits per heavy atom. The summed E-state index contributed by atoms with van der Waals surface area (Å²) in [5.41, 5.74) is 0. The largest absolute Gasteiger partial charge is 0.473 e. The first-order chi connectivity index (χ1) is 12.3. The van der Waals surface area contributed by atoms with Crippen molar-refractivity contribution in [3.8, 4) is 11.7 Å². The van der Waals surface area contributed by atoms with Gasteiger partial charge in [0.1, 0.15) is 6.10 Å². The first-order valence-corrected chi connectivity index (χ1v) is 9.09. The minimum Gasteiger partial charge on any atom is -0.473 e. The number of carbonyl (C=O) groups is 1. The second-order valence-electron chi connectivity index (χ2n) is 6.80. The van der Waals surface area contributed by atoms with Crippen molar-refractivity contribution in [3.05, 3.63) is 30.6 Å². The fraction of sp³-hybridized carbons (Fsp3) is 0.556. The standard InChI is InChI=1S/C18H23N5O2/c24-18(14-4-1-2-5-14)22-12-8-15(9-13-22)25-17-7-6-16(20-21-17)23-11-3-10-19-23/h3,6-7,10-11,14-15H,1-2,4-5,8-9,12-13H2. The van der Waals surface area contributed by atoms with Gasteiger partial charge in [-0.25, -0.2) is 4.68 Å². The molecular weight excluding hydrogens is 318 g/mol. The van der Waals surface area contributed by atoms with E-state index >= 15 is 0 Å². The molecule has 0 aromatic carbocycles. The molecule has 1 saturated carbocycles.